The highest BCUT2D eigenvalue weighted by Crippen LogP contribution is 2.15. The first-order valence-electron chi connectivity index (χ1n) is 5.09. The first-order valence-corrected chi connectivity index (χ1v) is 5.09. The summed E-state index contributed by atoms with van der Waals surface area (Å²) in [5.74, 6) is 1.14. The number of benzene rings is 1. The highest BCUT2D eigenvalue weighted by Gasteiger charge is 2.07. The average Bonchev–Trinajstić information content (AvgIpc) is 2.16. The van der Waals surface area contributed by atoms with Crippen molar-refractivity contribution in [2.75, 3.05) is 0 Å². The smallest absolute Gasteiger partial charge is 0.150 e. The van der Waals surface area contributed by atoms with Gasteiger partial charge in [-0.15, -0.1) is 0 Å². The van der Waals surface area contributed by atoms with Gasteiger partial charge in [-0.05, 0) is 18.1 Å². The molecule has 1 rings (SSSR count). The van der Waals surface area contributed by atoms with Gasteiger partial charge in [0.2, 0.25) is 0 Å². The lowest BCUT2D eigenvalue weighted by Gasteiger charge is -2.16. The summed E-state index contributed by atoms with van der Waals surface area (Å²) in [6, 6.07) is 7.00. The lowest BCUT2D eigenvalue weighted by molar-refractivity contribution is 0.112. The van der Waals surface area contributed by atoms with Gasteiger partial charge >= 0.3 is 0 Å². The van der Waals surface area contributed by atoms with Crippen molar-refractivity contribution < 1.29 is 9.53 Å². The number of hydrogen-bond acceptors (Lipinski definition) is 3. The van der Waals surface area contributed by atoms with Crippen LogP contribution in [0, 0.1) is 5.92 Å². The molecular weight excluding hydrogens is 190 g/mol. The molecule has 1 aromatic carbocycles. The van der Waals surface area contributed by atoms with E-state index in [1.54, 1.807) is 24.3 Å². The van der Waals surface area contributed by atoms with Crippen LogP contribution in [0.1, 0.15) is 30.6 Å². The Kier molecular flexibility index (Phi) is 4.31. The zero-order valence-electron chi connectivity index (χ0n) is 9.14. The molecule has 1 aromatic rings. The number of hydrogen-bond donors (Lipinski definition) is 1. The standard InChI is InChI=1S/C12H17NO2/c1-9(2)6-12(13)15-11-5-3-4-10(7-11)8-14/h3-5,7-9,12H,6,13H2,1-2H3. The number of ether oxygens (including phenoxy) is 1. The Morgan fingerprint density at radius 3 is 2.80 bits per heavy atom. The van der Waals surface area contributed by atoms with Gasteiger partial charge < -0.3 is 4.74 Å². The van der Waals surface area contributed by atoms with Crippen LogP contribution in [0.5, 0.6) is 5.75 Å². The summed E-state index contributed by atoms with van der Waals surface area (Å²) in [6.45, 7) is 4.18. The van der Waals surface area contributed by atoms with E-state index in [4.69, 9.17) is 10.5 Å². The molecule has 2 N–H and O–H groups in total. The minimum atomic E-state index is -0.313. The third-order valence-electron chi connectivity index (χ3n) is 1.99. The molecule has 0 aliphatic heterocycles. The maximum atomic E-state index is 10.5. The van der Waals surface area contributed by atoms with Crippen LogP contribution in [-0.4, -0.2) is 12.5 Å². The maximum absolute atomic E-state index is 10.5. The van der Waals surface area contributed by atoms with Crippen molar-refractivity contribution >= 4 is 6.29 Å². The molecule has 0 aromatic heterocycles. The summed E-state index contributed by atoms with van der Waals surface area (Å²) in [6.07, 6.45) is 1.28. The third kappa shape index (κ3) is 4.13. The second-order valence-electron chi connectivity index (χ2n) is 3.98. The first-order chi connectivity index (χ1) is 7.11. The molecule has 0 aliphatic carbocycles. The third-order valence-corrected chi connectivity index (χ3v) is 1.99. The van der Waals surface area contributed by atoms with Crippen molar-refractivity contribution in [1.29, 1.82) is 0 Å². The molecule has 0 aliphatic rings. The molecule has 3 heteroatoms. The zero-order valence-corrected chi connectivity index (χ0v) is 9.14. The normalized spacial score (nSPS) is 12.5. The van der Waals surface area contributed by atoms with Gasteiger partial charge in [0.15, 0.2) is 0 Å². The van der Waals surface area contributed by atoms with E-state index in [9.17, 15) is 4.79 Å². The molecule has 0 heterocycles. The van der Waals surface area contributed by atoms with Crippen LogP contribution in [0.25, 0.3) is 0 Å². The predicted octanol–water partition coefficient (Wildman–Crippen LogP) is 2.21. The topological polar surface area (TPSA) is 52.3 Å². The minimum Gasteiger partial charge on any atom is -0.476 e. The number of aldehydes is 1. The molecule has 0 fully saturated rings. The first kappa shape index (κ1) is 11.7. The van der Waals surface area contributed by atoms with E-state index in [-0.39, 0.29) is 6.23 Å². The van der Waals surface area contributed by atoms with Gasteiger partial charge in [-0.3, -0.25) is 10.5 Å². The average molecular weight is 207 g/mol. The molecule has 0 saturated carbocycles. The highest BCUT2D eigenvalue weighted by atomic mass is 16.5. The predicted molar refractivity (Wildman–Crippen MR) is 59.9 cm³/mol. The van der Waals surface area contributed by atoms with Crippen molar-refractivity contribution in [3.8, 4) is 5.75 Å². The van der Waals surface area contributed by atoms with Gasteiger partial charge in [0.05, 0.1) is 0 Å². The Hall–Kier alpha value is -1.35. The van der Waals surface area contributed by atoms with Gasteiger partial charge in [-0.2, -0.15) is 0 Å². The van der Waals surface area contributed by atoms with Gasteiger partial charge in [0, 0.05) is 12.0 Å². The second-order valence-corrected chi connectivity index (χ2v) is 3.98. The van der Waals surface area contributed by atoms with Crippen molar-refractivity contribution in [3.63, 3.8) is 0 Å². The van der Waals surface area contributed by atoms with Crippen LogP contribution < -0.4 is 10.5 Å². The van der Waals surface area contributed by atoms with E-state index >= 15 is 0 Å². The molecule has 1 atom stereocenters. The van der Waals surface area contributed by atoms with Crippen LogP contribution in [-0.2, 0) is 0 Å². The molecule has 82 valence electrons. The number of rotatable bonds is 5. The second kappa shape index (κ2) is 5.51. The fourth-order valence-electron chi connectivity index (χ4n) is 1.35. The minimum absolute atomic E-state index is 0.313. The quantitative estimate of drug-likeness (QED) is 0.595. The number of carbonyl (C=O) groups excluding carboxylic acids is 1. The highest BCUT2D eigenvalue weighted by molar-refractivity contribution is 5.75. The fourth-order valence-corrected chi connectivity index (χ4v) is 1.35. The molecule has 0 saturated heterocycles. The van der Waals surface area contributed by atoms with Crippen LogP contribution >= 0.6 is 0 Å². The summed E-state index contributed by atoms with van der Waals surface area (Å²) < 4.78 is 5.49. The van der Waals surface area contributed by atoms with Crippen molar-refractivity contribution in [2.24, 2.45) is 11.7 Å². The summed E-state index contributed by atoms with van der Waals surface area (Å²) in [7, 11) is 0. The monoisotopic (exact) mass is 207 g/mol. The molecule has 3 nitrogen and oxygen atoms in total. The Balaban J connectivity index is 2.59. The van der Waals surface area contributed by atoms with E-state index in [1.165, 1.54) is 0 Å². The lowest BCUT2D eigenvalue weighted by atomic mass is 10.1. The fraction of sp³-hybridized carbons (Fsp3) is 0.417. The van der Waals surface area contributed by atoms with E-state index in [1.807, 2.05) is 0 Å². The number of nitrogens with two attached hydrogens (primary N) is 1. The Morgan fingerprint density at radius 2 is 2.20 bits per heavy atom. The summed E-state index contributed by atoms with van der Waals surface area (Å²) in [5, 5.41) is 0. The van der Waals surface area contributed by atoms with Crippen LogP contribution in [0.3, 0.4) is 0 Å². The Morgan fingerprint density at radius 1 is 1.47 bits per heavy atom. The van der Waals surface area contributed by atoms with Gasteiger partial charge in [0.1, 0.15) is 18.3 Å². The van der Waals surface area contributed by atoms with E-state index in [0.717, 1.165) is 12.7 Å². The molecule has 1 unspecified atom stereocenters. The summed E-state index contributed by atoms with van der Waals surface area (Å²) in [4.78, 5) is 10.5. The van der Waals surface area contributed by atoms with Crippen LogP contribution in [0.15, 0.2) is 24.3 Å². The summed E-state index contributed by atoms with van der Waals surface area (Å²) in [5.41, 5.74) is 6.39. The van der Waals surface area contributed by atoms with Crippen LogP contribution in [0.4, 0.5) is 0 Å². The molecule has 0 amide bonds. The van der Waals surface area contributed by atoms with Crippen molar-refractivity contribution in [1.82, 2.24) is 0 Å². The van der Waals surface area contributed by atoms with Crippen molar-refractivity contribution in [2.45, 2.75) is 26.5 Å². The molecule has 0 bridgehead atoms. The lowest BCUT2D eigenvalue weighted by Crippen LogP contribution is -2.28. The Bertz CT molecular complexity index is 323. The van der Waals surface area contributed by atoms with Crippen molar-refractivity contribution in [3.05, 3.63) is 29.8 Å². The zero-order chi connectivity index (χ0) is 11.3. The van der Waals surface area contributed by atoms with E-state index in [0.29, 0.717) is 17.2 Å². The van der Waals surface area contributed by atoms with Gasteiger partial charge in [0.25, 0.3) is 0 Å². The largest absolute Gasteiger partial charge is 0.476 e. The van der Waals surface area contributed by atoms with E-state index < -0.39 is 0 Å². The number of carbonyl (C=O) groups is 1. The molecule has 0 radical (unpaired) electrons. The molecule has 15 heavy (non-hydrogen) atoms. The van der Waals surface area contributed by atoms with Gasteiger partial charge in [-0.25, -0.2) is 0 Å². The van der Waals surface area contributed by atoms with Gasteiger partial charge in [-0.1, -0.05) is 26.0 Å². The Labute approximate surface area is 90.2 Å². The SMILES string of the molecule is CC(C)CC(N)Oc1cccc(C=O)c1. The van der Waals surface area contributed by atoms with E-state index in [2.05, 4.69) is 13.8 Å². The molecule has 0 spiro atoms. The maximum Gasteiger partial charge on any atom is 0.150 e. The molecular formula is C12H17NO2. The summed E-state index contributed by atoms with van der Waals surface area (Å²) >= 11 is 0. The van der Waals surface area contributed by atoms with Crippen LogP contribution in [0.2, 0.25) is 0 Å².